The number of nitrogens with one attached hydrogen (secondary N) is 1. The van der Waals surface area contributed by atoms with E-state index >= 15 is 0 Å². The Morgan fingerprint density at radius 1 is 1.22 bits per heavy atom. The SMILES string of the molecule is COc1ccccc1OCCNCC(C)(C)CCl. The summed E-state index contributed by atoms with van der Waals surface area (Å²) in [6.07, 6.45) is 0. The Bertz CT molecular complexity index is 355. The third-order valence-electron chi connectivity index (χ3n) is 2.57. The van der Waals surface area contributed by atoms with Crippen molar-refractivity contribution < 1.29 is 9.47 Å². The van der Waals surface area contributed by atoms with E-state index in [-0.39, 0.29) is 5.41 Å². The van der Waals surface area contributed by atoms with E-state index in [0.717, 1.165) is 24.6 Å². The minimum absolute atomic E-state index is 0.117. The molecule has 0 aliphatic carbocycles. The van der Waals surface area contributed by atoms with Gasteiger partial charge in [0.05, 0.1) is 7.11 Å². The Labute approximate surface area is 114 Å². The average molecular weight is 272 g/mol. The van der Waals surface area contributed by atoms with E-state index in [1.54, 1.807) is 7.11 Å². The zero-order chi connectivity index (χ0) is 13.4. The summed E-state index contributed by atoms with van der Waals surface area (Å²) < 4.78 is 10.9. The second kappa shape index (κ2) is 7.49. The van der Waals surface area contributed by atoms with Crippen molar-refractivity contribution in [1.29, 1.82) is 0 Å². The first-order chi connectivity index (χ1) is 8.59. The number of alkyl halides is 1. The van der Waals surface area contributed by atoms with E-state index in [1.165, 1.54) is 0 Å². The van der Waals surface area contributed by atoms with Gasteiger partial charge in [0.25, 0.3) is 0 Å². The first-order valence-corrected chi connectivity index (χ1v) is 6.65. The van der Waals surface area contributed by atoms with Gasteiger partial charge in [-0.3, -0.25) is 0 Å². The van der Waals surface area contributed by atoms with Gasteiger partial charge in [0.15, 0.2) is 11.5 Å². The van der Waals surface area contributed by atoms with Gasteiger partial charge in [-0.05, 0) is 17.5 Å². The van der Waals surface area contributed by atoms with Crippen molar-refractivity contribution in [2.75, 3.05) is 32.7 Å². The number of rotatable bonds is 8. The lowest BCUT2D eigenvalue weighted by atomic mass is 9.97. The Kier molecular flexibility index (Phi) is 6.30. The van der Waals surface area contributed by atoms with Gasteiger partial charge in [-0.1, -0.05) is 26.0 Å². The molecular formula is C14H22ClNO2. The van der Waals surface area contributed by atoms with E-state index in [4.69, 9.17) is 21.1 Å². The number of ether oxygens (including phenoxy) is 2. The molecule has 4 heteroatoms. The molecule has 1 aromatic rings. The molecule has 0 radical (unpaired) electrons. The number of para-hydroxylation sites is 2. The molecule has 102 valence electrons. The maximum Gasteiger partial charge on any atom is 0.161 e. The molecule has 1 N–H and O–H groups in total. The van der Waals surface area contributed by atoms with Crippen LogP contribution in [0.1, 0.15) is 13.8 Å². The molecule has 0 fully saturated rings. The summed E-state index contributed by atoms with van der Waals surface area (Å²) in [4.78, 5) is 0. The van der Waals surface area contributed by atoms with Crippen LogP contribution in [0.15, 0.2) is 24.3 Å². The molecule has 0 heterocycles. The lowest BCUT2D eigenvalue weighted by Gasteiger charge is -2.21. The van der Waals surface area contributed by atoms with Gasteiger partial charge in [-0.25, -0.2) is 0 Å². The van der Waals surface area contributed by atoms with Crippen LogP contribution in [0.25, 0.3) is 0 Å². The van der Waals surface area contributed by atoms with E-state index in [1.807, 2.05) is 24.3 Å². The van der Waals surface area contributed by atoms with Gasteiger partial charge in [0.2, 0.25) is 0 Å². The van der Waals surface area contributed by atoms with Crippen LogP contribution in [-0.2, 0) is 0 Å². The summed E-state index contributed by atoms with van der Waals surface area (Å²) in [7, 11) is 1.64. The second-order valence-corrected chi connectivity index (χ2v) is 5.24. The predicted molar refractivity (Wildman–Crippen MR) is 75.9 cm³/mol. The maximum absolute atomic E-state index is 5.85. The van der Waals surface area contributed by atoms with Crippen LogP contribution in [0.4, 0.5) is 0 Å². The van der Waals surface area contributed by atoms with Crippen LogP contribution in [0.3, 0.4) is 0 Å². The molecule has 0 atom stereocenters. The monoisotopic (exact) mass is 271 g/mol. The molecule has 0 saturated heterocycles. The summed E-state index contributed by atoms with van der Waals surface area (Å²) in [6, 6.07) is 7.65. The number of methoxy groups -OCH3 is 1. The van der Waals surface area contributed by atoms with Gasteiger partial charge >= 0.3 is 0 Å². The Hall–Kier alpha value is -0.930. The Balaban J connectivity index is 2.26. The lowest BCUT2D eigenvalue weighted by Crippen LogP contribution is -2.33. The minimum atomic E-state index is 0.117. The van der Waals surface area contributed by atoms with Gasteiger partial charge in [0.1, 0.15) is 6.61 Å². The predicted octanol–water partition coefficient (Wildman–Crippen LogP) is 2.93. The fourth-order valence-electron chi connectivity index (χ4n) is 1.45. The van der Waals surface area contributed by atoms with Crippen LogP contribution in [0.5, 0.6) is 11.5 Å². The van der Waals surface area contributed by atoms with E-state index < -0.39 is 0 Å². The fourth-order valence-corrected chi connectivity index (χ4v) is 1.54. The molecule has 0 spiro atoms. The number of benzene rings is 1. The lowest BCUT2D eigenvalue weighted by molar-refractivity contribution is 0.282. The molecule has 18 heavy (non-hydrogen) atoms. The molecule has 1 rings (SSSR count). The van der Waals surface area contributed by atoms with Crippen molar-refractivity contribution in [2.45, 2.75) is 13.8 Å². The highest BCUT2D eigenvalue weighted by atomic mass is 35.5. The zero-order valence-corrected chi connectivity index (χ0v) is 12.1. The van der Waals surface area contributed by atoms with E-state index in [9.17, 15) is 0 Å². The number of hydrogen-bond donors (Lipinski definition) is 1. The van der Waals surface area contributed by atoms with Crippen molar-refractivity contribution in [3.8, 4) is 11.5 Å². The second-order valence-electron chi connectivity index (χ2n) is 4.97. The summed E-state index contributed by atoms with van der Waals surface area (Å²) >= 11 is 5.85. The van der Waals surface area contributed by atoms with Crippen molar-refractivity contribution in [2.24, 2.45) is 5.41 Å². The molecular weight excluding hydrogens is 250 g/mol. The van der Waals surface area contributed by atoms with Crippen LogP contribution < -0.4 is 14.8 Å². The minimum Gasteiger partial charge on any atom is -0.493 e. The standard InChI is InChI=1S/C14H22ClNO2/c1-14(2,10-15)11-16-8-9-18-13-7-5-4-6-12(13)17-3/h4-7,16H,8-11H2,1-3H3. The molecule has 3 nitrogen and oxygen atoms in total. The van der Waals surface area contributed by atoms with E-state index in [2.05, 4.69) is 19.2 Å². The zero-order valence-electron chi connectivity index (χ0n) is 11.3. The third-order valence-corrected chi connectivity index (χ3v) is 3.29. The van der Waals surface area contributed by atoms with Crippen molar-refractivity contribution in [3.05, 3.63) is 24.3 Å². The topological polar surface area (TPSA) is 30.5 Å². The summed E-state index contributed by atoms with van der Waals surface area (Å²) in [6.45, 7) is 6.55. The maximum atomic E-state index is 5.85. The molecule has 1 aromatic carbocycles. The molecule has 0 bridgehead atoms. The Morgan fingerprint density at radius 3 is 2.50 bits per heavy atom. The van der Waals surface area contributed by atoms with Crippen LogP contribution in [0, 0.1) is 5.41 Å². The van der Waals surface area contributed by atoms with Crippen LogP contribution in [-0.4, -0.2) is 32.7 Å². The highest BCUT2D eigenvalue weighted by Crippen LogP contribution is 2.25. The molecule has 0 aliphatic heterocycles. The molecule has 0 saturated carbocycles. The normalized spacial score (nSPS) is 11.3. The summed E-state index contributed by atoms with van der Waals surface area (Å²) in [5.74, 6) is 2.19. The first kappa shape index (κ1) is 15.1. The van der Waals surface area contributed by atoms with Crippen LogP contribution >= 0.6 is 11.6 Å². The quantitative estimate of drug-likeness (QED) is 0.583. The van der Waals surface area contributed by atoms with Gasteiger partial charge in [-0.15, -0.1) is 11.6 Å². The van der Waals surface area contributed by atoms with Crippen molar-refractivity contribution >= 4 is 11.6 Å². The molecule has 0 aliphatic rings. The van der Waals surface area contributed by atoms with Crippen molar-refractivity contribution in [3.63, 3.8) is 0 Å². The van der Waals surface area contributed by atoms with E-state index in [0.29, 0.717) is 12.5 Å². The van der Waals surface area contributed by atoms with Gasteiger partial charge in [0, 0.05) is 19.0 Å². The van der Waals surface area contributed by atoms with Gasteiger partial charge in [-0.2, -0.15) is 0 Å². The number of halogens is 1. The first-order valence-electron chi connectivity index (χ1n) is 6.11. The van der Waals surface area contributed by atoms with Crippen LogP contribution in [0.2, 0.25) is 0 Å². The highest BCUT2D eigenvalue weighted by Gasteiger charge is 2.15. The largest absolute Gasteiger partial charge is 0.493 e. The average Bonchev–Trinajstić information content (AvgIpc) is 2.38. The fraction of sp³-hybridized carbons (Fsp3) is 0.571. The highest BCUT2D eigenvalue weighted by molar-refractivity contribution is 6.18. The molecule has 0 unspecified atom stereocenters. The molecule has 0 aromatic heterocycles. The summed E-state index contributed by atoms with van der Waals surface area (Å²) in [5, 5.41) is 3.33. The summed E-state index contributed by atoms with van der Waals surface area (Å²) in [5.41, 5.74) is 0.117. The van der Waals surface area contributed by atoms with Gasteiger partial charge < -0.3 is 14.8 Å². The van der Waals surface area contributed by atoms with Crippen molar-refractivity contribution in [1.82, 2.24) is 5.32 Å². The third kappa shape index (κ3) is 5.15. The number of hydrogen-bond acceptors (Lipinski definition) is 3. The smallest absolute Gasteiger partial charge is 0.161 e. The molecule has 0 amide bonds. The Morgan fingerprint density at radius 2 is 1.89 bits per heavy atom.